The van der Waals surface area contributed by atoms with Gasteiger partial charge in [-0.1, -0.05) is 69.2 Å². The molecule has 1 fully saturated rings. The molecule has 1 saturated carbocycles. The average Bonchev–Trinajstić information content (AvgIpc) is 2.42. The summed E-state index contributed by atoms with van der Waals surface area (Å²) in [5.74, 6) is 2.64. The molecule has 2 unspecified atom stereocenters. The largest absolute Gasteiger partial charge is 0.461 e. The van der Waals surface area contributed by atoms with E-state index in [0.717, 1.165) is 6.42 Å². The fourth-order valence-electron chi connectivity index (χ4n) is 5.21. The van der Waals surface area contributed by atoms with Gasteiger partial charge in [-0.3, -0.25) is 4.79 Å². The van der Waals surface area contributed by atoms with Crippen molar-refractivity contribution in [1.82, 2.24) is 0 Å². The van der Waals surface area contributed by atoms with Crippen molar-refractivity contribution in [3.05, 3.63) is 0 Å². The Labute approximate surface area is 170 Å². The minimum absolute atomic E-state index is 0.00654. The molecular weight excluding hydrogens is 332 g/mol. The van der Waals surface area contributed by atoms with E-state index in [9.17, 15) is 4.79 Å². The van der Waals surface area contributed by atoms with Crippen LogP contribution < -0.4 is 0 Å². The zero-order valence-corrected chi connectivity index (χ0v) is 20.4. The van der Waals surface area contributed by atoms with Crippen LogP contribution in [0.2, 0.25) is 0 Å². The summed E-state index contributed by atoms with van der Waals surface area (Å²) < 4.78 is 6.37. The summed E-state index contributed by atoms with van der Waals surface area (Å²) in [6, 6.07) is 0. The number of rotatable bonds is 5. The molecule has 2 nitrogen and oxygen atoms in total. The maximum atomic E-state index is 13.2. The van der Waals surface area contributed by atoms with Gasteiger partial charge in [0, 0.05) is 0 Å². The molecule has 2 atom stereocenters. The second-order valence-electron chi connectivity index (χ2n) is 12.8. The van der Waals surface area contributed by atoms with E-state index in [1.54, 1.807) is 0 Å². The summed E-state index contributed by atoms with van der Waals surface area (Å²) in [4.78, 5) is 13.2. The molecule has 160 valence electrons. The highest BCUT2D eigenvalue weighted by atomic mass is 16.5. The van der Waals surface area contributed by atoms with Gasteiger partial charge >= 0.3 is 5.97 Å². The monoisotopic (exact) mass is 380 g/mol. The maximum Gasteiger partial charge on any atom is 0.311 e. The van der Waals surface area contributed by atoms with E-state index >= 15 is 0 Å². The molecule has 0 aromatic carbocycles. The first kappa shape index (κ1) is 24.5. The van der Waals surface area contributed by atoms with Crippen LogP contribution in [0.15, 0.2) is 0 Å². The predicted molar refractivity (Wildman–Crippen MR) is 117 cm³/mol. The van der Waals surface area contributed by atoms with Crippen LogP contribution in [-0.4, -0.2) is 12.1 Å². The van der Waals surface area contributed by atoms with Gasteiger partial charge in [-0.2, -0.15) is 0 Å². The highest BCUT2D eigenvalue weighted by Gasteiger charge is 2.47. The molecule has 1 aliphatic carbocycles. The molecule has 0 heterocycles. The smallest absolute Gasteiger partial charge is 0.311 e. The van der Waals surface area contributed by atoms with Gasteiger partial charge in [0.2, 0.25) is 0 Å². The second-order valence-corrected chi connectivity index (χ2v) is 12.8. The molecule has 1 aliphatic rings. The molecule has 1 rings (SSSR count). The standard InChI is InChI=1S/C25H48O2/c1-16(2)19-13-18(24(8,9)10)14-20(17(3)4)21(19)27-22(26)25(11,12)15-23(5,6)7/h16-21H,13-15H2,1-12H3. The van der Waals surface area contributed by atoms with E-state index in [4.69, 9.17) is 4.74 Å². The van der Waals surface area contributed by atoms with Crippen molar-refractivity contribution in [3.63, 3.8) is 0 Å². The van der Waals surface area contributed by atoms with Crippen molar-refractivity contribution >= 4 is 5.97 Å². The molecule has 2 heteroatoms. The second kappa shape index (κ2) is 8.46. The van der Waals surface area contributed by atoms with E-state index in [1.165, 1.54) is 12.8 Å². The van der Waals surface area contributed by atoms with Gasteiger partial charge in [-0.15, -0.1) is 0 Å². The molecule has 0 bridgehead atoms. The third-order valence-electron chi connectivity index (χ3n) is 6.66. The Kier molecular flexibility index (Phi) is 7.67. The first-order chi connectivity index (χ1) is 12.0. The summed E-state index contributed by atoms with van der Waals surface area (Å²) in [6.45, 7) is 27.0. The van der Waals surface area contributed by atoms with Gasteiger partial charge in [-0.05, 0) is 73.5 Å². The van der Waals surface area contributed by atoms with Crippen molar-refractivity contribution < 1.29 is 9.53 Å². The Morgan fingerprint density at radius 1 is 0.852 bits per heavy atom. The van der Waals surface area contributed by atoms with Crippen molar-refractivity contribution in [1.29, 1.82) is 0 Å². The third kappa shape index (κ3) is 6.79. The summed E-state index contributed by atoms with van der Waals surface area (Å²) in [5.41, 5.74) is -0.0235. The number of hydrogen-bond donors (Lipinski definition) is 0. The van der Waals surface area contributed by atoms with Crippen LogP contribution in [0.1, 0.15) is 102 Å². The van der Waals surface area contributed by atoms with Crippen molar-refractivity contribution in [2.45, 2.75) is 108 Å². The molecule has 0 amide bonds. The van der Waals surface area contributed by atoms with Crippen LogP contribution in [0.3, 0.4) is 0 Å². The molecule has 0 aromatic heterocycles. The molecule has 0 aliphatic heterocycles. The highest BCUT2D eigenvalue weighted by Crippen LogP contribution is 2.49. The van der Waals surface area contributed by atoms with Gasteiger partial charge in [0.15, 0.2) is 0 Å². The first-order valence-corrected chi connectivity index (χ1v) is 11.2. The number of ether oxygens (including phenoxy) is 1. The van der Waals surface area contributed by atoms with Crippen molar-refractivity contribution in [2.24, 2.45) is 45.8 Å². The van der Waals surface area contributed by atoms with Gasteiger partial charge < -0.3 is 4.74 Å². The molecule has 27 heavy (non-hydrogen) atoms. The molecule has 0 spiro atoms. The molecule has 0 aromatic rings. The fourth-order valence-corrected chi connectivity index (χ4v) is 5.21. The van der Waals surface area contributed by atoms with Crippen LogP contribution in [-0.2, 0) is 9.53 Å². The van der Waals surface area contributed by atoms with Gasteiger partial charge in [0.1, 0.15) is 6.10 Å². The summed E-state index contributed by atoms with van der Waals surface area (Å²) in [6.07, 6.45) is 3.23. The van der Waals surface area contributed by atoms with Gasteiger partial charge in [0.05, 0.1) is 5.41 Å². The minimum Gasteiger partial charge on any atom is -0.461 e. The van der Waals surface area contributed by atoms with E-state index < -0.39 is 5.41 Å². The minimum atomic E-state index is -0.442. The van der Waals surface area contributed by atoms with Crippen molar-refractivity contribution in [2.75, 3.05) is 0 Å². The Morgan fingerprint density at radius 3 is 1.56 bits per heavy atom. The lowest BCUT2D eigenvalue weighted by atomic mass is 9.60. The topological polar surface area (TPSA) is 26.3 Å². The van der Waals surface area contributed by atoms with Crippen LogP contribution in [0.25, 0.3) is 0 Å². The van der Waals surface area contributed by atoms with E-state index in [-0.39, 0.29) is 17.5 Å². The summed E-state index contributed by atoms with van der Waals surface area (Å²) in [5, 5.41) is 0. The van der Waals surface area contributed by atoms with Crippen LogP contribution >= 0.6 is 0 Å². The Morgan fingerprint density at radius 2 is 1.26 bits per heavy atom. The number of carbonyl (C=O) groups is 1. The highest BCUT2D eigenvalue weighted by molar-refractivity contribution is 5.76. The van der Waals surface area contributed by atoms with E-state index in [1.807, 2.05) is 0 Å². The quantitative estimate of drug-likeness (QED) is 0.466. The predicted octanol–water partition coefficient (Wildman–Crippen LogP) is 7.36. The molecule has 0 saturated heterocycles. The SMILES string of the molecule is CC(C)C1CC(C(C)(C)C)CC(C(C)C)C1OC(=O)C(C)(C)CC(C)(C)C. The van der Waals surface area contributed by atoms with Crippen LogP contribution in [0.4, 0.5) is 0 Å². The first-order valence-electron chi connectivity index (χ1n) is 11.2. The van der Waals surface area contributed by atoms with Crippen LogP contribution in [0, 0.1) is 45.8 Å². The third-order valence-corrected chi connectivity index (χ3v) is 6.66. The lowest BCUT2D eigenvalue weighted by Crippen LogP contribution is -2.48. The Hall–Kier alpha value is -0.530. The van der Waals surface area contributed by atoms with Crippen LogP contribution in [0.5, 0.6) is 0 Å². The Bertz CT molecular complexity index is 469. The lowest BCUT2D eigenvalue weighted by Gasteiger charge is -2.49. The summed E-state index contributed by atoms with van der Waals surface area (Å²) in [7, 11) is 0. The van der Waals surface area contributed by atoms with Gasteiger partial charge in [0.25, 0.3) is 0 Å². The van der Waals surface area contributed by atoms with Gasteiger partial charge in [-0.25, -0.2) is 0 Å². The normalized spacial score (nSPS) is 27.9. The Balaban J connectivity index is 3.11. The number of carbonyl (C=O) groups excluding carboxylic acids is 1. The fraction of sp³-hybridized carbons (Fsp3) is 0.960. The molecule has 0 radical (unpaired) electrons. The number of esters is 1. The summed E-state index contributed by atoms with van der Waals surface area (Å²) >= 11 is 0. The van der Waals surface area contributed by atoms with Crippen molar-refractivity contribution in [3.8, 4) is 0 Å². The zero-order chi connectivity index (χ0) is 21.4. The number of hydrogen-bond acceptors (Lipinski definition) is 2. The van der Waals surface area contributed by atoms with E-state index in [0.29, 0.717) is 35.0 Å². The lowest BCUT2D eigenvalue weighted by molar-refractivity contribution is -0.176. The zero-order valence-electron chi connectivity index (χ0n) is 20.4. The van der Waals surface area contributed by atoms with E-state index in [2.05, 4.69) is 83.1 Å². The maximum absolute atomic E-state index is 13.2. The average molecular weight is 381 g/mol. The molecule has 0 N–H and O–H groups in total. The molecular formula is C25H48O2.